The van der Waals surface area contributed by atoms with E-state index in [4.69, 9.17) is 50.0 Å². The Labute approximate surface area is 206 Å². The van der Waals surface area contributed by atoms with Gasteiger partial charge in [0, 0.05) is 17.8 Å². The van der Waals surface area contributed by atoms with Crippen molar-refractivity contribution >= 4 is 35.4 Å². The molecule has 0 spiro atoms. The number of aromatic nitrogens is 3. The van der Waals surface area contributed by atoms with Gasteiger partial charge in [-0.3, -0.25) is 9.47 Å². The molecule has 0 fully saturated rings. The van der Waals surface area contributed by atoms with E-state index >= 15 is 0 Å². The van der Waals surface area contributed by atoms with E-state index in [1.165, 1.54) is 0 Å². The normalized spacial score (nSPS) is 12.5. The van der Waals surface area contributed by atoms with E-state index in [0.29, 0.717) is 33.8 Å². The van der Waals surface area contributed by atoms with Crippen molar-refractivity contribution in [1.82, 2.24) is 19.2 Å². The Bertz CT molecular complexity index is 1370. The summed E-state index contributed by atoms with van der Waals surface area (Å²) in [6.07, 6.45) is 0. The quantitative estimate of drug-likeness (QED) is 0.296. The minimum absolute atomic E-state index is 0.220. The summed E-state index contributed by atoms with van der Waals surface area (Å²) in [4.78, 5) is 2.11. The number of hydrogen-bond acceptors (Lipinski definition) is 5. The van der Waals surface area contributed by atoms with Crippen LogP contribution in [-0.2, 0) is 13.2 Å². The summed E-state index contributed by atoms with van der Waals surface area (Å²) in [6, 6.07) is 21.4. The molecule has 9 heteroatoms. The van der Waals surface area contributed by atoms with E-state index in [9.17, 15) is 0 Å². The third kappa shape index (κ3) is 4.50. The highest BCUT2D eigenvalue weighted by Crippen LogP contribution is 2.36. The number of hydrogen-bond donors (Lipinski definition) is 0. The summed E-state index contributed by atoms with van der Waals surface area (Å²) in [7, 11) is 2.01. The molecule has 1 aliphatic rings. The van der Waals surface area contributed by atoms with Gasteiger partial charge in [-0.25, -0.2) is 4.68 Å². The van der Waals surface area contributed by atoms with Crippen LogP contribution in [0.25, 0.3) is 17.1 Å². The molecule has 3 aromatic carbocycles. The minimum Gasteiger partial charge on any atom is -0.454 e. The zero-order valence-electron chi connectivity index (χ0n) is 17.7. The number of halogens is 2. The van der Waals surface area contributed by atoms with Crippen LogP contribution in [0.2, 0.25) is 10.0 Å². The fraction of sp³-hybridized carbons (Fsp3) is 0.167. The third-order valence-electron chi connectivity index (χ3n) is 5.30. The molecular formula is C24H20Cl2N4O2S. The zero-order valence-corrected chi connectivity index (χ0v) is 20.1. The van der Waals surface area contributed by atoms with Gasteiger partial charge in [0.15, 0.2) is 17.3 Å². The summed E-state index contributed by atoms with van der Waals surface area (Å²) in [5, 5.41) is 5.97. The lowest BCUT2D eigenvalue weighted by Gasteiger charge is -2.16. The molecule has 0 bridgehead atoms. The number of fused-ring (bicyclic) bond motifs is 1. The van der Waals surface area contributed by atoms with Gasteiger partial charge >= 0.3 is 0 Å². The molecule has 4 aromatic rings. The number of ether oxygens (including phenoxy) is 2. The topological polar surface area (TPSA) is 44.5 Å². The van der Waals surface area contributed by atoms with Gasteiger partial charge in [0.25, 0.3) is 0 Å². The first-order valence-electron chi connectivity index (χ1n) is 10.3. The maximum atomic E-state index is 6.18. The molecule has 0 radical (unpaired) electrons. The Morgan fingerprint density at radius 1 is 0.970 bits per heavy atom. The molecule has 0 saturated carbocycles. The lowest BCUT2D eigenvalue weighted by Crippen LogP contribution is -2.22. The van der Waals surface area contributed by atoms with Gasteiger partial charge in [-0.15, -0.1) is 5.10 Å². The average molecular weight is 499 g/mol. The van der Waals surface area contributed by atoms with Crippen LogP contribution in [0.4, 0.5) is 0 Å². The van der Waals surface area contributed by atoms with Crippen LogP contribution in [0.1, 0.15) is 5.56 Å². The molecule has 0 amide bonds. The van der Waals surface area contributed by atoms with E-state index in [2.05, 4.69) is 4.90 Å². The summed E-state index contributed by atoms with van der Waals surface area (Å²) >= 11 is 18.1. The lowest BCUT2D eigenvalue weighted by atomic mass is 10.2. The second-order valence-electron chi connectivity index (χ2n) is 7.75. The van der Waals surface area contributed by atoms with Crippen LogP contribution in [0.3, 0.4) is 0 Å². The summed E-state index contributed by atoms with van der Waals surface area (Å²) < 4.78 is 15.4. The molecule has 1 aromatic heterocycles. The maximum Gasteiger partial charge on any atom is 0.231 e. The van der Waals surface area contributed by atoms with Crippen molar-refractivity contribution in [1.29, 1.82) is 0 Å². The van der Waals surface area contributed by atoms with Crippen LogP contribution in [0.5, 0.6) is 11.5 Å². The van der Waals surface area contributed by atoms with Crippen molar-refractivity contribution in [3.63, 3.8) is 0 Å². The van der Waals surface area contributed by atoms with Crippen LogP contribution >= 0.6 is 35.4 Å². The van der Waals surface area contributed by atoms with Crippen molar-refractivity contribution in [2.45, 2.75) is 13.2 Å². The number of para-hydroxylation sites is 1. The van der Waals surface area contributed by atoms with E-state index < -0.39 is 0 Å². The van der Waals surface area contributed by atoms with Gasteiger partial charge in [0.1, 0.15) is 0 Å². The molecular weight excluding hydrogens is 479 g/mol. The average Bonchev–Trinajstić information content (AvgIpc) is 3.41. The van der Waals surface area contributed by atoms with Gasteiger partial charge < -0.3 is 9.47 Å². The summed E-state index contributed by atoms with van der Waals surface area (Å²) in [6.45, 7) is 1.38. The van der Waals surface area contributed by atoms with Crippen molar-refractivity contribution in [3.8, 4) is 28.6 Å². The molecule has 2 heterocycles. The molecule has 1 aliphatic heterocycles. The van der Waals surface area contributed by atoms with Gasteiger partial charge in [-0.1, -0.05) is 47.5 Å². The third-order valence-corrected chi connectivity index (χ3v) is 6.43. The Morgan fingerprint density at radius 2 is 1.76 bits per heavy atom. The SMILES string of the molecule is CN(Cc1ccc(Cl)c(Cl)c1)Cn1nc(-c2ccc3c(c2)OCO3)n(-c2ccccc2)c1=S. The van der Waals surface area contributed by atoms with Crippen molar-refractivity contribution in [3.05, 3.63) is 87.1 Å². The fourth-order valence-corrected chi connectivity index (χ4v) is 4.37. The lowest BCUT2D eigenvalue weighted by molar-refractivity contribution is 0.174. The Kier molecular flexibility index (Phi) is 6.12. The molecule has 5 rings (SSSR count). The number of rotatable bonds is 6. The molecule has 0 unspecified atom stereocenters. The summed E-state index contributed by atoms with van der Waals surface area (Å²) in [5.74, 6) is 2.15. The minimum atomic E-state index is 0.220. The highest BCUT2D eigenvalue weighted by molar-refractivity contribution is 7.71. The smallest absolute Gasteiger partial charge is 0.231 e. The fourth-order valence-electron chi connectivity index (χ4n) is 3.76. The highest BCUT2D eigenvalue weighted by Gasteiger charge is 2.19. The largest absolute Gasteiger partial charge is 0.454 e. The standard InChI is InChI=1S/C24H20Cl2N4O2S/c1-28(13-16-7-9-19(25)20(26)11-16)14-29-24(33)30(18-5-3-2-4-6-18)23(27-29)17-8-10-21-22(12-17)32-15-31-21/h2-12H,13-15H2,1H3. The van der Waals surface area contributed by atoms with E-state index in [-0.39, 0.29) is 6.79 Å². The van der Waals surface area contributed by atoms with Gasteiger partial charge in [0.05, 0.1) is 16.7 Å². The zero-order chi connectivity index (χ0) is 22.9. The van der Waals surface area contributed by atoms with E-state index in [1.807, 2.05) is 77.0 Å². The first-order chi connectivity index (χ1) is 16.0. The number of benzene rings is 3. The van der Waals surface area contributed by atoms with Crippen molar-refractivity contribution < 1.29 is 9.47 Å². The Hall–Kier alpha value is -2.84. The van der Waals surface area contributed by atoms with Gasteiger partial charge in [0.2, 0.25) is 11.6 Å². The molecule has 0 N–H and O–H groups in total. The molecule has 0 aliphatic carbocycles. The monoisotopic (exact) mass is 498 g/mol. The molecule has 6 nitrogen and oxygen atoms in total. The molecule has 168 valence electrons. The molecule has 0 saturated heterocycles. The number of nitrogens with zero attached hydrogens (tertiary/aromatic N) is 4. The maximum absolute atomic E-state index is 6.18. The van der Waals surface area contributed by atoms with Crippen LogP contribution in [-0.4, -0.2) is 33.1 Å². The molecule has 33 heavy (non-hydrogen) atoms. The van der Waals surface area contributed by atoms with Crippen molar-refractivity contribution in [2.24, 2.45) is 0 Å². The van der Waals surface area contributed by atoms with Gasteiger partial charge in [-0.2, -0.15) is 0 Å². The van der Waals surface area contributed by atoms with E-state index in [0.717, 1.165) is 28.4 Å². The first-order valence-corrected chi connectivity index (χ1v) is 11.4. The van der Waals surface area contributed by atoms with Crippen molar-refractivity contribution in [2.75, 3.05) is 13.8 Å². The molecule has 0 atom stereocenters. The van der Waals surface area contributed by atoms with E-state index in [1.54, 1.807) is 6.07 Å². The van der Waals surface area contributed by atoms with Crippen LogP contribution in [0, 0.1) is 4.77 Å². The Morgan fingerprint density at radius 3 is 2.55 bits per heavy atom. The first kappa shape index (κ1) is 22.0. The predicted molar refractivity (Wildman–Crippen MR) is 132 cm³/mol. The van der Waals surface area contributed by atoms with Crippen LogP contribution < -0.4 is 9.47 Å². The Balaban J connectivity index is 1.50. The second-order valence-corrected chi connectivity index (χ2v) is 8.93. The second kappa shape index (κ2) is 9.19. The predicted octanol–water partition coefficient (Wildman–Crippen LogP) is 6.20. The summed E-state index contributed by atoms with van der Waals surface area (Å²) in [5.41, 5.74) is 2.88. The van der Waals surface area contributed by atoms with Crippen LogP contribution in [0.15, 0.2) is 66.7 Å². The van der Waals surface area contributed by atoms with Gasteiger partial charge in [-0.05, 0) is 67.3 Å². The highest BCUT2D eigenvalue weighted by atomic mass is 35.5.